The van der Waals surface area contributed by atoms with Gasteiger partial charge in [-0.15, -0.1) is 11.6 Å². The first-order valence-corrected chi connectivity index (χ1v) is 9.62. The van der Waals surface area contributed by atoms with E-state index in [4.69, 9.17) is 31.5 Å². The number of H-pyrrole nitrogens is 1. The molecule has 3 N–H and O–H groups in total. The van der Waals surface area contributed by atoms with Gasteiger partial charge in [0.25, 0.3) is 0 Å². The highest BCUT2D eigenvalue weighted by molar-refractivity contribution is 6.18. The second-order valence-electron chi connectivity index (χ2n) is 6.19. The van der Waals surface area contributed by atoms with Crippen LogP contribution >= 0.6 is 11.6 Å². The van der Waals surface area contributed by atoms with Gasteiger partial charge in [-0.25, -0.2) is 4.98 Å². The van der Waals surface area contributed by atoms with Crippen LogP contribution in [0, 0.1) is 0 Å². The molecule has 0 amide bonds. The van der Waals surface area contributed by atoms with Crippen molar-refractivity contribution in [2.75, 3.05) is 64.7 Å². The molecule has 0 unspecified atom stereocenters. The van der Waals surface area contributed by atoms with E-state index in [1.807, 2.05) is 12.1 Å². The minimum absolute atomic E-state index is 0.263. The quantitative estimate of drug-likeness (QED) is 0.518. The van der Waals surface area contributed by atoms with E-state index in [1.54, 1.807) is 7.11 Å². The van der Waals surface area contributed by atoms with Crippen LogP contribution in [0.15, 0.2) is 17.1 Å². The Hall–Kier alpha value is -2.03. The highest BCUT2D eigenvalue weighted by Crippen LogP contribution is 2.33. The molecule has 0 atom stereocenters. The smallest absolute Gasteiger partial charge is 0.199 e. The summed E-state index contributed by atoms with van der Waals surface area (Å²) in [6, 6.07) is 3.78. The predicted octanol–water partition coefficient (Wildman–Crippen LogP) is 1.39. The fraction of sp³-hybridized carbons (Fsp3) is 0.556. The molecule has 2 aromatic rings. The van der Waals surface area contributed by atoms with Gasteiger partial charge in [0, 0.05) is 30.9 Å². The number of aromatic nitrogens is 2. The van der Waals surface area contributed by atoms with Crippen LogP contribution in [0.25, 0.3) is 10.9 Å². The maximum atomic E-state index is 5.96. The first-order chi connectivity index (χ1) is 13.2. The summed E-state index contributed by atoms with van der Waals surface area (Å²) in [5, 5.41) is 0.812. The fourth-order valence-corrected chi connectivity index (χ4v) is 3.16. The van der Waals surface area contributed by atoms with E-state index in [9.17, 15) is 0 Å². The molecule has 27 heavy (non-hydrogen) atoms. The van der Waals surface area contributed by atoms with Crippen LogP contribution in [0.4, 0.5) is 5.95 Å². The zero-order chi connectivity index (χ0) is 19.1. The SMILES string of the molecule is COc1c(OCCCN2CCOCC2)ccc2c(=NCCCl)[nH]c(N)nc12. The molecule has 3 rings (SSSR count). The molecule has 1 aliphatic heterocycles. The number of anilines is 1. The monoisotopic (exact) mass is 395 g/mol. The Morgan fingerprint density at radius 3 is 2.93 bits per heavy atom. The van der Waals surface area contributed by atoms with E-state index in [0.29, 0.717) is 41.5 Å². The predicted molar refractivity (Wildman–Crippen MR) is 106 cm³/mol. The lowest BCUT2D eigenvalue weighted by Gasteiger charge is -2.26. The van der Waals surface area contributed by atoms with E-state index in [0.717, 1.165) is 44.7 Å². The molecule has 2 heterocycles. The number of alkyl halides is 1. The molecule has 0 radical (unpaired) electrons. The van der Waals surface area contributed by atoms with Gasteiger partial charge < -0.3 is 24.9 Å². The Morgan fingerprint density at radius 2 is 2.19 bits per heavy atom. The van der Waals surface area contributed by atoms with E-state index in [-0.39, 0.29) is 5.95 Å². The number of hydrogen-bond acceptors (Lipinski definition) is 7. The molecule has 0 saturated carbocycles. The average Bonchev–Trinajstić information content (AvgIpc) is 2.69. The summed E-state index contributed by atoms with van der Waals surface area (Å²) in [6.45, 7) is 5.64. The van der Waals surface area contributed by atoms with Crippen molar-refractivity contribution in [2.45, 2.75) is 6.42 Å². The fourth-order valence-electron chi connectivity index (χ4n) is 3.08. The molecular formula is C18H26ClN5O3. The van der Waals surface area contributed by atoms with Crippen LogP contribution in [0.1, 0.15) is 6.42 Å². The number of benzene rings is 1. The summed E-state index contributed by atoms with van der Waals surface area (Å²) in [4.78, 5) is 14.2. The standard InChI is InChI=1S/C18H26ClN5O3/c1-25-16-14(27-10-2-7-24-8-11-26-12-9-24)4-3-13-15(16)22-18(20)23-17(13)21-6-5-19/h3-4H,2,5-12H2,1H3,(H3,20,21,22,23). The second-order valence-corrected chi connectivity index (χ2v) is 6.57. The minimum atomic E-state index is 0.263. The molecule has 148 valence electrons. The number of nitrogens with two attached hydrogens (primary N) is 1. The number of halogens is 1. The summed E-state index contributed by atoms with van der Waals surface area (Å²) in [6.07, 6.45) is 0.926. The Kier molecular flexibility index (Phi) is 7.14. The number of methoxy groups -OCH3 is 1. The third-order valence-corrected chi connectivity index (χ3v) is 4.54. The number of nitrogens with one attached hydrogen (secondary N) is 1. The van der Waals surface area contributed by atoms with Gasteiger partial charge in [0.1, 0.15) is 11.0 Å². The van der Waals surface area contributed by atoms with E-state index >= 15 is 0 Å². The van der Waals surface area contributed by atoms with Gasteiger partial charge in [-0.1, -0.05) is 0 Å². The third-order valence-electron chi connectivity index (χ3n) is 4.37. The number of nitrogens with zero attached hydrogens (tertiary/aromatic N) is 3. The van der Waals surface area contributed by atoms with Gasteiger partial charge in [0.05, 0.1) is 33.5 Å². The van der Waals surface area contributed by atoms with Crippen LogP contribution in [-0.4, -0.2) is 73.9 Å². The van der Waals surface area contributed by atoms with Gasteiger partial charge in [-0.05, 0) is 18.6 Å². The van der Waals surface area contributed by atoms with Gasteiger partial charge in [-0.3, -0.25) is 9.89 Å². The van der Waals surface area contributed by atoms with Crippen molar-refractivity contribution in [3.05, 3.63) is 17.6 Å². The van der Waals surface area contributed by atoms with Crippen LogP contribution in [0.5, 0.6) is 11.5 Å². The molecule has 1 aliphatic rings. The summed E-state index contributed by atoms with van der Waals surface area (Å²) >= 11 is 5.74. The molecule has 9 heteroatoms. The number of nitrogen functional groups attached to an aromatic ring is 1. The summed E-state index contributed by atoms with van der Waals surface area (Å²) in [5.41, 5.74) is 7.16. The summed E-state index contributed by atoms with van der Waals surface area (Å²) < 4.78 is 16.9. The third kappa shape index (κ3) is 5.03. The molecule has 1 saturated heterocycles. The lowest BCUT2D eigenvalue weighted by molar-refractivity contribution is 0.0357. The van der Waals surface area contributed by atoms with Crippen molar-refractivity contribution < 1.29 is 14.2 Å². The molecule has 8 nitrogen and oxygen atoms in total. The topological polar surface area (TPSA) is 98.0 Å². The van der Waals surface area contributed by atoms with Crippen molar-refractivity contribution in [2.24, 2.45) is 4.99 Å². The van der Waals surface area contributed by atoms with Crippen molar-refractivity contribution in [1.82, 2.24) is 14.9 Å². The van der Waals surface area contributed by atoms with Crippen LogP contribution in [-0.2, 0) is 4.74 Å². The summed E-state index contributed by atoms with van der Waals surface area (Å²) in [7, 11) is 1.60. The number of rotatable bonds is 8. The number of fused-ring (bicyclic) bond motifs is 1. The van der Waals surface area contributed by atoms with Crippen molar-refractivity contribution >= 4 is 28.5 Å². The molecule has 1 aromatic heterocycles. The number of morpholine rings is 1. The van der Waals surface area contributed by atoms with Crippen molar-refractivity contribution in [3.63, 3.8) is 0 Å². The highest BCUT2D eigenvalue weighted by atomic mass is 35.5. The zero-order valence-corrected chi connectivity index (χ0v) is 16.3. The normalized spacial score (nSPS) is 16.0. The Balaban J connectivity index is 1.75. The minimum Gasteiger partial charge on any atom is -0.491 e. The van der Waals surface area contributed by atoms with Crippen LogP contribution < -0.4 is 20.7 Å². The Morgan fingerprint density at radius 1 is 1.37 bits per heavy atom. The highest BCUT2D eigenvalue weighted by Gasteiger charge is 2.14. The van der Waals surface area contributed by atoms with Crippen molar-refractivity contribution in [1.29, 1.82) is 0 Å². The molecule has 0 spiro atoms. The molecule has 1 aromatic carbocycles. The number of aromatic amines is 1. The van der Waals surface area contributed by atoms with Crippen LogP contribution in [0.2, 0.25) is 0 Å². The largest absolute Gasteiger partial charge is 0.491 e. The maximum absolute atomic E-state index is 5.96. The number of ether oxygens (including phenoxy) is 3. The lowest BCUT2D eigenvalue weighted by Crippen LogP contribution is -2.37. The first kappa shape index (κ1) is 19.7. The van der Waals surface area contributed by atoms with Gasteiger partial charge in [0.15, 0.2) is 17.4 Å². The Bertz CT molecular complexity index is 820. The van der Waals surface area contributed by atoms with E-state index < -0.39 is 0 Å². The molecule has 0 bridgehead atoms. The summed E-state index contributed by atoms with van der Waals surface area (Å²) in [5.74, 6) is 1.90. The van der Waals surface area contributed by atoms with Crippen molar-refractivity contribution in [3.8, 4) is 11.5 Å². The molecule has 1 fully saturated rings. The zero-order valence-electron chi connectivity index (χ0n) is 15.5. The Labute approximate surface area is 163 Å². The maximum Gasteiger partial charge on any atom is 0.199 e. The van der Waals surface area contributed by atoms with E-state index in [2.05, 4.69) is 19.9 Å². The average molecular weight is 396 g/mol. The molecular weight excluding hydrogens is 370 g/mol. The lowest BCUT2D eigenvalue weighted by atomic mass is 10.2. The van der Waals surface area contributed by atoms with Crippen LogP contribution in [0.3, 0.4) is 0 Å². The van der Waals surface area contributed by atoms with Gasteiger partial charge in [0.2, 0.25) is 0 Å². The second kappa shape index (κ2) is 9.77. The first-order valence-electron chi connectivity index (χ1n) is 9.08. The van der Waals surface area contributed by atoms with Gasteiger partial charge >= 0.3 is 0 Å². The van der Waals surface area contributed by atoms with Gasteiger partial charge in [-0.2, -0.15) is 0 Å². The van der Waals surface area contributed by atoms with E-state index in [1.165, 1.54) is 0 Å². The number of hydrogen-bond donors (Lipinski definition) is 2. The molecule has 0 aliphatic carbocycles.